The van der Waals surface area contributed by atoms with E-state index in [0.717, 1.165) is 32.1 Å². The van der Waals surface area contributed by atoms with Crippen LogP contribution in [0.5, 0.6) is 0 Å². The van der Waals surface area contributed by atoms with Crippen LogP contribution in [0.2, 0.25) is 0 Å². The maximum absolute atomic E-state index is 5.70. The van der Waals surface area contributed by atoms with Gasteiger partial charge >= 0.3 is 0 Å². The molecule has 1 aliphatic rings. The molecule has 0 saturated heterocycles. The average Bonchev–Trinajstić information content (AvgIpc) is 1.16. The van der Waals surface area contributed by atoms with Crippen LogP contribution >= 0.6 is 90.7 Å². The standard InChI is InChI=1S/C94H126N2S8/c1-7-11-15-19-23-27-31-35-39-43-47-74-66-70(6)97-89(74)82-61-63-86(100-82)93-95-78(49-45-41-37-33-29-25-21-17-13-9-3)91(103-93)84-59-57-80(98-84)81-58-60-85(99-81)92-79(50-46-42-38-34-30-26-22-18-14-10-4)96-94(104-92)87-64-62-83(101-87)90-75(48-44-40-36-32-28-24-20-16-12-8-2)68-88(102-90)73-54-56-77-72(67-73)53-52-71-65-69(5)51-55-76(71)77/h51,54-68H,7-50,52-53H2,1-6H3. The van der Waals surface area contributed by atoms with Gasteiger partial charge < -0.3 is 0 Å². The molecule has 0 unspecified atom stereocenters. The van der Waals surface area contributed by atoms with Gasteiger partial charge in [-0.2, -0.15) is 0 Å². The number of nitrogens with zero attached hydrogens (tertiary/aromatic N) is 2. The van der Waals surface area contributed by atoms with E-state index in [9.17, 15) is 0 Å². The minimum Gasteiger partial charge on any atom is -0.240 e. The SMILES string of the molecule is CCCCCCCCCCCCc1cc(C)sc1-c1ccc(-c2nc(CCCCCCCCCCCC)c(-c3ccc(-c4ccc(-c5sc(-c6ccc(-c7sc(-c8ccc9c(c8)CCc8cc(C)ccc8-9)cc7CCCCCCCCCCCC)s6)nc5CCCCCCCCCCCC)s4)s3)s2)s1. The number of unbranched alkanes of at least 4 members (excludes halogenated alkanes) is 36. The molecule has 8 aromatic heterocycles. The van der Waals surface area contributed by atoms with Gasteiger partial charge in [-0.15, -0.1) is 90.7 Å². The van der Waals surface area contributed by atoms with Crippen molar-refractivity contribution in [2.45, 2.75) is 337 Å². The maximum atomic E-state index is 5.70. The number of hydrogen-bond donors (Lipinski definition) is 0. The number of thiazole rings is 2. The second kappa shape index (κ2) is 44.5. The molecule has 0 bridgehead atoms. The largest absolute Gasteiger partial charge is 0.240 e. The highest BCUT2D eigenvalue weighted by Crippen LogP contribution is 2.51. The van der Waals surface area contributed by atoms with E-state index in [0.29, 0.717) is 0 Å². The molecule has 2 nitrogen and oxygen atoms in total. The third-order valence-corrected chi connectivity index (χ3v) is 32.0. The molecule has 8 heterocycles. The van der Waals surface area contributed by atoms with Crippen molar-refractivity contribution in [3.05, 3.63) is 141 Å². The molecule has 2 aromatic carbocycles. The normalized spacial score (nSPS) is 12.2. The van der Waals surface area contributed by atoms with Gasteiger partial charge in [-0.05, 0) is 184 Å². The number of aryl methyl sites for hydroxylation is 8. The van der Waals surface area contributed by atoms with Crippen molar-refractivity contribution >= 4 is 90.7 Å². The zero-order valence-corrected chi connectivity index (χ0v) is 71.5. The Bertz CT molecular complexity index is 4080. The van der Waals surface area contributed by atoms with Gasteiger partial charge in [0.15, 0.2) is 0 Å². The molecule has 0 amide bonds. The van der Waals surface area contributed by atoms with Crippen LogP contribution in [0.15, 0.2) is 97.1 Å². The lowest BCUT2D eigenvalue weighted by molar-refractivity contribution is 0.556. The summed E-state index contributed by atoms with van der Waals surface area (Å²) in [5.41, 5.74) is 14.3. The van der Waals surface area contributed by atoms with Gasteiger partial charge in [-0.25, -0.2) is 9.97 Å². The Morgan fingerprint density at radius 3 is 1.01 bits per heavy atom. The number of fused-ring (bicyclic) bond motifs is 3. The van der Waals surface area contributed by atoms with Crippen LogP contribution in [0.1, 0.15) is 329 Å². The molecule has 10 heteroatoms. The first-order valence-corrected chi connectivity index (χ1v) is 48.7. The number of hydrogen-bond acceptors (Lipinski definition) is 10. The summed E-state index contributed by atoms with van der Waals surface area (Å²) in [5.74, 6) is 0. The Labute approximate surface area is 662 Å². The lowest BCUT2D eigenvalue weighted by Gasteiger charge is -2.21. The van der Waals surface area contributed by atoms with Gasteiger partial charge in [0.05, 0.1) is 30.9 Å². The molecule has 0 N–H and O–H groups in total. The van der Waals surface area contributed by atoms with Gasteiger partial charge in [0.25, 0.3) is 0 Å². The smallest absolute Gasteiger partial charge is 0.134 e. The highest BCUT2D eigenvalue weighted by atomic mass is 32.1. The van der Waals surface area contributed by atoms with Gasteiger partial charge in [-0.3, -0.25) is 0 Å². The fourth-order valence-electron chi connectivity index (χ4n) is 15.7. The van der Waals surface area contributed by atoms with Crippen LogP contribution in [-0.2, 0) is 38.5 Å². The Morgan fingerprint density at radius 2 is 0.587 bits per heavy atom. The Balaban J connectivity index is 0.821. The van der Waals surface area contributed by atoms with Crippen LogP contribution in [0.3, 0.4) is 0 Å². The first-order valence-electron chi connectivity index (χ1n) is 42.1. The summed E-state index contributed by atoms with van der Waals surface area (Å²) in [6, 6.07) is 38.9. The van der Waals surface area contributed by atoms with Crippen LogP contribution in [-0.4, -0.2) is 9.97 Å². The summed E-state index contributed by atoms with van der Waals surface area (Å²) in [4.78, 5) is 30.8. The van der Waals surface area contributed by atoms with E-state index < -0.39 is 0 Å². The third kappa shape index (κ3) is 24.2. The molecule has 0 aliphatic heterocycles. The topological polar surface area (TPSA) is 25.8 Å². The summed E-state index contributed by atoms with van der Waals surface area (Å²) in [5, 5.41) is 2.39. The number of aromatic nitrogens is 2. The molecule has 0 fully saturated rings. The second-order valence-corrected chi connectivity index (χ2v) is 39.3. The van der Waals surface area contributed by atoms with Crippen molar-refractivity contribution < 1.29 is 0 Å². The van der Waals surface area contributed by atoms with Gasteiger partial charge in [0, 0.05) is 48.8 Å². The van der Waals surface area contributed by atoms with Crippen LogP contribution in [0.4, 0.5) is 0 Å². The molecule has 560 valence electrons. The van der Waals surface area contributed by atoms with E-state index in [1.54, 1.807) is 5.56 Å². The van der Waals surface area contributed by atoms with Crippen LogP contribution in [0.25, 0.3) is 90.1 Å². The number of benzene rings is 2. The first kappa shape index (κ1) is 80.9. The molecule has 0 spiro atoms. The molecule has 10 aromatic rings. The Hall–Kier alpha value is -4.10. The van der Waals surface area contributed by atoms with Crippen molar-refractivity contribution in [1.82, 2.24) is 9.97 Å². The minimum atomic E-state index is 1.04. The highest BCUT2D eigenvalue weighted by molar-refractivity contribution is 7.31. The fraction of sp³-hybridized carbons (Fsp3) is 0.553. The molecule has 0 saturated carbocycles. The zero-order chi connectivity index (χ0) is 71.9. The van der Waals surface area contributed by atoms with Crippen molar-refractivity contribution in [2.75, 3.05) is 0 Å². The van der Waals surface area contributed by atoms with E-state index in [1.807, 2.05) is 90.7 Å². The van der Waals surface area contributed by atoms with E-state index in [1.165, 1.54) is 392 Å². The predicted octanol–water partition coefficient (Wildman–Crippen LogP) is 34.5. The lowest BCUT2D eigenvalue weighted by Crippen LogP contribution is -2.04. The molecule has 11 rings (SSSR count). The summed E-state index contributed by atoms with van der Waals surface area (Å²) >= 11 is 15.8. The first-order chi connectivity index (χ1) is 51.3. The monoisotopic (exact) mass is 1540 g/mol. The highest BCUT2D eigenvalue weighted by Gasteiger charge is 2.25. The molecule has 0 radical (unpaired) electrons. The second-order valence-electron chi connectivity index (χ2n) is 30.7. The Kier molecular flexibility index (Phi) is 34.6. The summed E-state index contributed by atoms with van der Waals surface area (Å²) in [6.07, 6.45) is 61.0. The maximum Gasteiger partial charge on any atom is 0.134 e. The van der Waals surface area contributed by atoms with E-state index in [2.05, 4.69) is 139 Å². The average molecular weight is 1540 g/mol. The van der Waals surface area contributed by atoms with Gasteiger partial charge in [0.2, 0.25) is 0 Å². The third-order valence-electron chi connectivity index (χ3n) is 21.9. The molecule has 1 aliphatic carbocycles. The van der Waals surface area contributed by atoms with Crippen molar-refractivity contribution in [3.63, 3.8) is 0 Å². The Morgan fingerprint density at radius 1 is 0.260 bits per heavy atom. The van der Waals surface area contributed by atoms with E-state index in [4.69, 9.17) is 9.97 Å². The fourth-order valence-corrected chi connectivity index (χ4v) is 25.0. The number of thiophene rings is 6. The molecular formula is C94H126N2S8. The molecule has 104 heavy (non-hydrogen) atoms. The summed E-state index contributed by atoms with van der Waals surface area (Å²) in [7, 11) is 0. The van der Waals surface area contributed by atoms with Crippen LogP contribution < -0.4 is 0 Å². The van der Waals surface area contributed by atoms with Crippen molar-refractivity contribution in [3.8, 4) is 90.1 Å². The molecular weight excluding hydrogens is 1410 g/mol. The molecule has 0 atom stereocenters. The van der Waals surface area contributed by atoms with Gasteiger partial charge in [-0.1, -0.05) is 295 Å². The quantitative estimate of drug-likeness (QED) is 0.0355. The summed E-state index contributed by atoms with van der Waals surface area (Å²) < 4.78 is 0. The number of rotatable bonds is 52. The lowest BCUT2D eigenvalue weighted by atomic mass is 9.84. The predicted molar refractivity (Wildman–Crippen MR) is 473 cm³/mol. The minimum absolute atomic E-state index is 1.04. The van der Waals surface area contributed by atoms with Crippen molar-refractivity contribution in [2.24, 2.45) is 0 Å². The van der Waals surface area contributed by atoms with E-state index in [-0.39, 0.29) is 0 Å². The van der Waals surface area contributed by atoms with Crippen LogP contribution in [0, 0.1) is 13.8 Å². The van der Waals surface area contributed by atoms with Crippen molar-refractivity contribution in [1.29, 1.82) is 0 Å². The zero-order valence-electron chi connectivity index (χ0n) is 64.9. The van der Waals surface area contributed by atoms with E-state index >= 15 is 0 Å². The summed E-state index contributed by atoms with van der Waals surface area (Å²) in [6.45, 7) is 13.8. The van der Waals surface area contributed by atoms with Gasteiger partial charge in [0.1, 0.15) is 10.0 Å².